The van der Waals surface area contributed by atoms with Crippen LogP contribution in [0.25, 0.3) is 11.3 Å². The minimum Gasteiger partial charge on any atom is -0.492 e. The Morgan fingerprint density at radius 1 is 1.16 bits per heavy atom. The Balaban J connectivity index is 1.69. The van der Waals surface area contributed by atoms with Gasteiger partial charge in [0.15, 0.2) is 0 Å². The maximum absolute atomic E-state index is 11.4. The molecule has 31 heavy (non-hydrogen) atoms. The molecule has 0 aliphatic carbocycles. The van der Waals surface area contributed by atoms with Gasteiger partial charge in [-0.3, -0.25) is 4.98 Å². The summed E-state index contributed by atoms with van der Waals surface area (Å²) >= 11 is 0. The van der Waals surface area contributed by atoms with Gasteiger partial charge in [-0.2, -0.15) is 13.7 Å². The zero-order chi connectivity index (χ0) is 22.4. The number of benzene rings is 2. The summed E-state index contributed by atoms with van der Waals surface area (Å²) in [5, 5.41) is 18.8. The molecule has 0 saturated heterocycles. The largest absolute Gasteiger partial charge is 0.492 e. The van der Waals surface area contributed by atoms with Crippen molar-refractivity contribution in [2.24, 2.45) is 0 Å². The minimum atomic E-state index is -3.57. The van der Waals surface area contributed by atoms with Gasteiger partial charge in [0.1, 0.15) is 17.6 Å². The molecular formula is C22H18N2O6S. The molecular weight excluding hydrogens is 420 g/mol. The summed E-state index contributed by atoms with van der Waals surface area (Å²) in [6, 6.07) is 16.4. The molecule has 158 valence electrons. The van der Waals surface area contributed by atoms with Gasteiger partial charge in [-0.1, -0.05) is 12.1 Å². The van der Waals surface area contributed by atoms with Crippen LogP contribution in [0.3, 0.4) is 0 Å². The second-order valence-electron chi connectivity index (χ2n) is 6.56. The van der Waals surface area contributed by atoms with Gasteiger partial charge in [-0.05, 0) is 48.0 Å². The van der Waals surface area contributed by atoms with E-state index in [0.29, 0.717) is 17.7 Å². The Morgan fingerprint density at radius 3 is 2.55 bits per heavy atom. The number of carbonyl (C=O) groups is 1. The third-order valence-corrected chi connectivity index (χ3v) is 4.73. The van der Waals surface area contributed by atoms with E-state index in [2.05, 4.69) is 11.1 Å². The lowest BCUT2D eigenvalue weighted by molar-refractivity contribution is 0.0697. The topological polar surface area (TPSA) is 127 Å². The van der Waals surface area contributed by atoms with Crippen molar-refractivity contribution in [1.82, 2.24) is 4.98 Å². The van der Waals surface area contributed by atoms with Crippen LogP contribution in [0.5, 0.6) is 11.5 Å². The number of aromatic carboxylic acids is 1. The standard InChI is InChI=1S/C22H18N2O6S/c1-31(27,28)30-18-7-4-15(5-8-18)10-12-29-20-9-6-16(13-17(20)14-23)21-19(22(25)26)3-2-11-24-21/h2-9,11,13H,10,12H2,1H3,(H,25,26). The maximum atomic E-state index is 11.4. The summed E-state index contributed by atoms with van der Waals surface area (Å²) in [6.45, 7) is 0.282. The average Bonchev–Trinajstić information content (AvgIpc) is 2.74. The molecule has 0 spiro atoms. The molecule has 0 unspecified atom stereocenters. The lowest BCUT2D eigenvalue weighted by Gasteiger charge is -2.11. The van der Waals surface area contributed by atoms with Gasteiger partial charge >= 0.3 is 16.1 Å². The zero-order valence-electron chi connectivity index (χ0n) is 16.5. The maximum Gasteiger partial charge on any atom is 0.337 e. The van der Waals surface area contributed by atoms with Crippen LogP contribution in [0.2, 0.25) is 0 Å². The number of rotatable bonds is 8. The van der Waals surface area contributed by atoms with E-state index in [1.807, 2.05) is 0 Å². The first-order valence-electron chi connectivity index (χ1n) is 9.11. The van der Waals surface area contributed by atoms with Gasteiger partial charge in [0.25, 0.3) is 0 Å². The van der Waals surface area contributed by atoms with E-state index in [4.69, 9.17) is 8.92 Å². The van der Waals surface area contributed by atoms with Gasteiger partial charge < -0.3 is 14.0 Å². The van der Waals surface area contributed by atoms with Gasteiger partial charge in [-0.25, -0.2) is 4.79 Å². The predicted molar refractivity (Wildman–Crippen MR) is 112 cm³/mol. The molecule has 0 aliphatic rings. The molecule has 1 N–H and O–H groups in total. The van der Waals surface area contributed by atoms with Crippen molar-refractivity contribution in [2.75, 3.05) is 12.9 Å². The molecule has 0 atom stereocenters. The quantitative estimate of drug-likeness (QED) is 0.531. The molecule has 9 heteroatoms. The fraction of sp³-hybridized carbons (Fsp3) is 0.136. The lowest BCUT2D eigenvalue weighted by atomic mass is 10.0. The molecule has 0 fully saturated rings. The van der Waals surface area contributed by atoms with Crippen molar-refractivity contribution in [1.29, 1.82) is 5.26 Å². The Hall–Kier alpha value is -3.90. The molecule has 8 nitrogen and oxygen atoms in total. The number of hydrogen-bond donors (Lipinski definition) is 1. The first-order chi connectivity index (χ1) is 14.8. The highest BCUT2D eigenvalue weighted by molar-refractivity contribution is 7.86. The van der Waals surface area contributed by atoms with Crippen molar-refractivity contribution < 1.29 is 27.2 Å². The molecule has 3 aromatic rings. The predicted octanol–water partition coefficient (Wildman–Crippen LogP) is 3.28. The van der Waals surface area contributed by atoms with Crippen LogP contribution < -0.4 is 8.92 Å². The van der Waals surface area contributed by atoms with E-state index in [9.17, 15) is 23.6 Å². The van der Waals surface area contributed by atoms with E-state index in [1.54, 1.807) is 42.5 Å². The normalized spacial score (nSPS) is 10.8. The van der Waals surface area contributed by atoms with Gasteiger partial charge in [0.05, 0.1) is 29.7 Å². The second kappa shape index (κ2) is 9.28. The molecule has 1 aromatic heterocycles. The second-order valence-corrected chi connectivity index (χ2v) is 8.13. The SMILES string of the molecule is CS(=O)(=O)Oc1ccc(CCOc2ccc(-c3ncccc3C(=O)O)cc2C#N)cc1. The monoisotopic (exact) mass is 438 g/mol. The van der Waals surface area contributed by atoms with Crippen molar-refractivity contribution in [3.8, 4) is 28.8 Å². The van der Waals surface area contributed by atoms with Gasteiger partial charge in [-0.15, -0.1) is 0 Å². The Morgan fingerprint density at radius 2 is 1.90 bits per heavy atom. The van der Waals surface area contributed by atoms with E-state index in [1.165, 1.54) is 18.3 Å². The Kier molecular flexibility index (Phi) is 6.52. The fourth-order valence-corrected chi connectivity index (χ4v) is 3.32. The summed E-state index contributed by atoms with van der Waals surface area (Å²) in [6.07, 6.45) is 2.99. The van der Waals surface area contributed by atoms with Crippen LogP contribution in [0.1, 0.15) is 21.5 Å². The summed E-state index contributed by atoms with van der Waals surface area (Å²) in [4.78, 5) is 15.5. The van der Waals surface area contributed by atoms with Crippen LogP contribution in [0.15, 0.2) is 60.8 Å². The third-order valence-electron chi connectivity index (χ3n) is 4.23. The highest BCUT2D eigenvalue weighted by Gasteiger charge is 2.14. The number of nitrogens with zero attached hydrogens (tertiary/aromatic N) is 2. The summed E-state index contributed by atoms with van der Waals surface area (Å²) in [5.41, 5.74) is 1.98. The van der Waals surface area contributed by atoms with Crippen molar-refractivity contribution in [3.63, 3.8) is 0 Å². The van der Waals surface area contributed by atoms with Crippen molar-refractivity contribution in [3.05, 3.63) is 77.5 Å². The molecule has 1 heterocycles. The molecule has 0 bridgehead atoms. The number of hydrogen-bond acceptors (Lipinski definition) is 7. The van der Waals surface area contributed by atoms with Crippen LogP contribution in [0.4, 0.5) is 0 Å². The molecule has 0 saturated carbocycles. The van der Waals surface area contributed by atoms with E-state index < -0.39 is 16.1 Å². The number of carboxylic acid groups (broad SMARTS) is 1. The van der Waals surface area contributed by atoms with Crippen LogP contribution in [0, 0.1) is 11.3 Å². The number of pyridine rings is 1. The molecule has 2 aromatic carbocycles. The number of nitriles is 1. The highest BCUT2D eigenvalue weighted by atomic mass is 32.2. The number of aromatic nitrogens is 1. The Labute approximate surface area is 179 Å². The van der Waals surface area contributed by atoms with Crippen LogP contribution >= 0.6 is 0 Å². The average molecular weight is 438 g/mol. The number of carboxylic acids is 1. The summed E-state index contributed by atoms with van der Waals surface area (Å²) in [5.74, 6) is -0.504. The highest BCUT2D eigenvalue weighted by Crippen LogP contribution is 2.27. The third kappa shape index (κ3) is 5.81. The Bertz CT molecular complexity index is 1250. The number of ether oxygens (including phenoxy) is 1. The van der Waals surface area contributed by atoms with Crippen molar-refractivity contribution in [2.45, 2.75) is 6.42 Å². The fourth-order valence-electron chi connectivity index (χ4n) is 2.86. The molecule has 0 amide bonds. The zero-order valence-corrected chi connectivity index (χ0v) is 17.3. The molecule has 3 rings (SSSR count). The smallest absolute Gasteiger partial charge is 0.337 e. The minimum absolute atomic E-state index is 0.0448. The van der Waals surface area contributed by atoms with Crippen LogP contribution in [-0.2, 0) is 16.5 Å². The van der Waals surface area contributed by atoms with E-state index >= 15 is 0 Å². The van der Waals surface area contributed by atoms with Crippen molar-refractivity contribution >= 4 is 16.1 Å². The van der Waals surface area contributed by atoms with E-state index in [-0.39, 0.29) is 29.2 Å². The van der Waals surface area contributed by atoms with Gasteiger partial charge in [0.2, 0.25) is 0 Å². The molecule has 0 radical (unpaired) electrons. The summed E-state index contributed by atoms with van der Waals surface area (Å²) in [7, 11) is -3.57. The molecule has 0 aliphatic heterocycles. The first-order valence-corrected chi connectivity index (χ1v) is 10.9. The first kappa shape index (κ1) is 21.8. The summed E-state index contributed by atoms with van der Waals surface area (Å²) < 4.78 is 32.8. The van der Waals surface area contributed by atoms with Crippen LogP contribution in [-0.4, -0.2) is 37.3 Å². The lowest BCUT2D eigenvalue weighted by Crippen LogP contribution is -2.06. The van der Waals surface area contributed by atoms with E-state index in [0.717, 1.165) is 11.8 Å². The van der Waals surface area contributed by atoms with Gasteiger partial charge in [0, 0.05) is 18.2 Å².